The molecule has 3 N–H and O–H groups in total. The first-order chi connectivity index (χ1) is 17.1. The predicted octanol–water partition coefficient (Wildman–Crippen LogP) is 4.33. The Balaban J connectivity index is 1.62. The van der Waals surface area contributed by atoms with Crippen molar-refractivity contribution in [3.63, 3.8) is 0 Å². The molecule has 0 aliphatic heterocycles. The van der Waals surface area contributed by atoms with Crippen molar-refractivity contribution in [3.8, 4) is 5.75 Å². The fourth-order valence-corrected chi connectivity index (χ4v) is 3.43. The second-order valence-corrected chi connectivity index (χ2v) is 7.74. The minimum Gasteiger partial charge on any atom is -0.493 e. The second-order valence-electron chi connectivity index (χ2n) is 7.74. The Morgan fingerprint density at radius 1 is 1.06 bits per heavy atom. The molecule has 0 bridgehead atoms. The third kappa shape index (κ3) is 6.94. The highest BCUT2D eigenvalue weighted by molar-refractivity contribution is 5.98. The number of pyridine rings is 1. The Morgan fingerprint density at radius 3 is 2.39 bits per heavy atom. The minimum atomic E-state index is -5.13. The van der Waals surface area contributed by atoms with E-state index in [1.54, 1.807) is 31.3 Å². The summed E-state index contributed by atoms with van der Waals surface area (Å²) < 4.78 is 59.1. The van der Waals surface area contributed by atoms with Gasteiger partial charge in [0.05, 0.1) is 12.2 Å². The molecule has 190 valence electrons. The molecule has 0 saturated heterocycles. The predicted molar refractivity (Wildman–Crippen MR) is 123 cm³/mol. The fourth-order valence-electron chi connectivity index (χ4n) is 3.43. The molecule has 1 heterocycles. The van der Waals surface area contributed by atoms with E-state index in [0.29, 0.717) is 30.4 Å². The first-order valence-electron chi connectivity index (χ1n) is 10.8. The molecule has 3 rings (SSSR count). The number of aromatic nitrogens is 1. The van der Waals surface area contributed by atoms with Crippen LogP contribution in [0.1, 0.15) is 27.2 Å². The van der Waals surface area contributed by atoms with Gasteiger partial charge in [0.1, 0.15) is 29.0 Å². The molecule has 0 fully saturated rings. The number of rotatable bonds is 10. The third-order valence-electron chi connectivity index (χ3n) is 5.20. The van der Waals surface area contributed by atoms with Gasteiger partial charge in [-0.1, -0.05) is 24.3 Å². The van der Waals surface area contributed by atoms with Crippen molar-refractivity contribution in [1.82, 2.24) is 10.3 Å². The molecule has 36 heavy (non-hydrogen) atoms. The molecule has 3 aromatic rings. The van der Waals surface area contributed by atoms with E-state index in [1.807, 2.05) is 23.5 Å². The second kappa shape index (κ2) is 11.5. The van der Waals surface area contributed by atoms with Gasteiger partial charge in [0, 0.05) is 25.6 Å². The van der Waals surface area contributed by atoms with E-state index in [1.165, 1.54) is 0 Å². The van der Waals surface area contributed by atoms with E-state index in [4.69, 9.17) is 4.74 Å². The van der Waals surface area contributed by atoms with E-state index in [-0.39, 0.29) is 6.42 Å². The summed E-state index contributed by atoms with van der Waals surface area (Å²) in [6.45, 7) is 0.350. The monoisotopic (exact) mass is 505 g/mol. The van der Waals surface area contributed by atoms with Crippen LogP contribution in [-0.4, -0.2) is 41.7 Å². The zero-order valence-corrected chi connectivity index (χ0v) is 19.1. The van der Waals surface area contributed by atoms with E-state index in [9.17, 15) is 32.3 Å². The highest BCUT2D eigenvalue weighted by Gasteiger charge is 2.39. The van der Waals surface area contributed by atoms with E-state index in [0.717, 1.165) is 23.6 Å². The van der Waals surface area contributed by atoms with Crippen molar-refractivity contribution in [3.05, 3.63) is 88.9 Å². The Bertz CT molecular complexity index is 1220. The Labute approximate surface area is 204 Å². The molecule has 0 saturated carbocycles. The first kappa shape index (κ1) is 26.5. The largest absolute Gasteiger partial charge is 0.493 e. The van der Waals surface area contributed by atoms with Gasteiger partial charge in [-0.05, 0) is 42.0 Å². The van der Waals surface area contributed by atoms with Gasteiger partial charge in [0.2, 0.25) is 0 Å². The summed E-state index contributed by atoms with van der Waals surface area (Å²) in [4.78, 5) is 28.5. The lowest BCUT2D eigenvalue weighted by Crippen LogP contribution is -2.43. The van der Waals surface area contributed by atoms with Gasteiger partial charge < -0.3 is 20.5 Å². The number of carbonyl (C=O) groups excluding carboxylic acids is 1. The number of benzene rings is 2. The van der Waals surface area contributed by atoms with Crippen LogP contribution in [0.5, 0.6) is 5.75 Å². The summed E-state index contributed by atoms with van der Waals surface area (Å²) >= 11 is 0. The molecule has 1 atom stereocenters. The van der Waals surface area contributed by atoms with Gasteiger partial charge in [0.15, 0.2) is 0 Å². The standard InChI is InChI=1S/C25H23F4N3O4/c1-30-21-7-2-4-16(31-21)12-13-36-17-10-8-15(9-11-17)14-20(24(34)35)32-23(33)18-5-3-6-19(26)22(18)25(27,28)29/h2-11,20H,12-14H2,1H3,(H,30,31)(H,32,33)(H,34,35)/t20-/m0/s1. The number of carboxylic acid groups (broad SMARTS) is 1. The van der Waals surface area contributed by atoms with Crippen LogP contribution in [0.15, 0.2) is 60.7 Å². The smallest absolute Gasteiger partial charge is 0.420 e. The Morgan fingerprint density at radius 2 is 1.75 bits per heavy atom. The van der Waals surface area contributed by atoms with Crippen LogP contribution in [0.25, 0.3) is 0 Å². The van der Waals surface area contributed by atoms with Gasteiger partial charge >= 0.3 is 12.1 Å². The van der Waals surface area contributed by atoms with Gasteiger partial charge in [-0.3, -0.25) is 4.79 Å². The number of hydrogen-bond acceptors (Lipinski definition) is 5. The topological polar surface area (TPSA) is 101 Å². The van der Waals surface area contributed by atoms with Crippen molar-refractivity contribution < 1.29 is 37.0 Å². The average molecular weight is 505 g/mol. The number of nitrogens with one attached hydrogen (secondary N) is 2. The summed E-state index contributed by atoms with van der Waals surface area (Å²) in [7, 11) is 1.77. The molecular formula is C25H23F4N3O4. The van der Waals surface area contributed by atoms with Gasteiger partial charge in [-0.15, -0.1) is 0 Å². The molecule has 0 radical (unpaired) electrons. The van der Waals surface area contributed by atoms with Crippen LogP contribution >= 0.6 is 0 Å². The number of nitrogens with zero attached hydrogens (tertiary/aromatic N) is 1. The number of anilines is 1. The molecule has 2 aromatic carbocycles. The summed E-state index contributed by atoms with van der Waals surface area (Å²) in [5.41, 5.74) is -1.41. The number of alkyl halides is 3. The molecule has 0 aliphatic carbocycles. The third-order valence-corrected chi connectivity index (χ3v) is 5.20. The fraction of sp³-hybridized carbons (Fsp3) is 0.240. The van der Waals surface area contributed by atoms with Crippen LogP contribution in [0.3, 0.4) is 0 Å². The average Bonchev–Trinajstić information content (AvgIpc) is 2.83. The summed E-state index contributed by atoms with van der Waals surface area (Å²) in [5, 5.41) is 14.5. The van der Waals surface area contributed by atoms with Crippen LogP contribution in [0.4, 0.5) is 23.4 Å². The zero-order chi connectivity index (χ0) is 26.3. The maximum Gasteiger partial charge on any atom is 0.420 e. The number of halogens is 4. The summed E-state index contributed by atoms with van der Waals surface area (Å²) in [6.07, 6.45) is -4.78. The van der Waals surface area contributed by atoms with E-state index >= 15 is 0 Å². The van der Waals surface area contributed by atoms with Crippen molar-refractivity contribution in [1.29, 1.82) is 0 Å². The van der Waals surface area contributed by atoms with Crippen LogP contribution in [0.2, 0.25) is 0 Å². The molecule has 1 aromatic heterocycles. The normalized spacial score (nSPS) is 12.0. The van der Waals surface area contributed by atoms with Crippen molar-refractivity contribution in [2.75, 3.05) is 19.0 Å². The maximum atomic E-state index is 13.8. The summed E-state index contributed by atoms with van der Waals surface area (Å²) in [6, 6.07) is 12.7. The highest BCUT2D eigenvalue weighted by Crippen LogP contribution is 2.34. The first-order valence-corrected chi connectivity index (χ1v) is 10.8. The molecule has 11 heteroatoms. The Hall–Kier alpha value is -4.15. The number of carbonyl (C=O) groups is 2. The number of ether oxygens (including phenoxy) is 1. The van der Waals surface area contributed by atoms with Crippen LogP contribution in [-0.2, 0) is 23.8 Å². The van der Waals surface area contributed by atoms with Crippen LogP contribution in [0, 0.1) is 5.82 Å². The molecule has 0 unspecified atom stereocenters. The molecule has 7 nitrogen and oxygen atoms in total. The Kier molecular flexibility index (Phi) is 8.46. The lowest BCUT2D eigenvalue weighted by atomic mass is 10.0. The zero-order valence-electron chi connectivity index (χ0n) is 19.1. The van der Waals surface area contributed by atoms with E-state index in [2.05, 4.69) is 10.3 Å². The quantitative estimate of drug-likeness (QED) is 0.355. The van der Waals surface area contributed by atoms with Crippen molar-refractivity contribution in [2.45, 2.75) is 25.1 Å². The molecule has 0 aliphatic rings. The molecule has 1 amide bonds. The number of hydrogen-bond donors (Lipinski definition) is 3. The lowest BCUT2D eigenvalue weighted by molar-refractivity contribution is -0.140. The SMILES string of the molecule is CNc1cccc(CCOc2ccc(C[C@H](NC(=O)c3cccc(F)c3C(F)(F)F)C(=O)O)cc2)n1. The van der Waals surface area contributed by atoms with E-state index < -0.39 is 41.0 Å². The number of carboxylic acids is 1. The maximum absolute atomic E-state index is 13.8. The minimum absolute atomic E-state index is 0.210. The van der Waals surface area contributed by atoms with Gasteiger partial charge in [-0.25, -0.2) is 14.2 Å². The highest BCUT2D eigenvalue weighted by atomic mass is 19.4. The van der Waals surface area contributed by atoms with Gasteiger partial charge in [-0.2, -0.15) is 13.2 Å². The summed E-state index contributed by atoms with van der Waals surface area (Å²) in [5.74, 6) is -3.16. The van der Waals surface area contributed by atoms with Gasteiger partial charge in [0.25, 0.3) is 5.91 Å². The number of aliphatic carboxylic acids is 1. The van der Waals surface area contributed by atoms with Crippen molar-refractivity contribution >= 4 is 17.7 Å². The number of amides is 1. The molecule has 0 spiro atoms. The lowest BCUT2D eigenvalue weighted by Gasteiger charge is -2.18. The molecular weight excluding hydrogens is 482 g/mol. The van der Waals surface area contributed by atoms with Crippen LogP contribution < -0.4 is 15.4 Å². The van der Waals surface area contributed by atoms with Crippen molar-refractivity contribution in [2.24, 2.45) is 0 Å².